The molecular formula is C9H8BrF6NO. The summed E-state index contributed by atoms with van der Waals surface area (Å²) in [5, 5.41) is 0. The summed E-state index contributed by atoms with van der Waals surface area (Å²) in [7, 11) is 0. The summed E-state index contributed by atoms with van der Waals surface area (Å²) >= 11 is 2.82. The molecule has 104 valence electrons. The Labute approximate surface area is 106 Å². The zero-order valence-electron chi connectivity index (χ0n) is 8.92. The second-order valence-electron chi connectivity index (χ2n) is 3.03. The first-order valence-corrected chi connectivity index (χ1v) is 5.29. The average Bonchev–Trinajstić information content (AvgIpc) is 2.20. The largest absolute Gasteiger partial charge is 0.421 e. The van der Waals surface area contributed by atoms with E-state index in [0.29, 0.717) is 0 Å². The van der Waals surface area contributed by atoms with Crippen molar-refractivity contribution in [3.05, 3.63) is 32.7 Å². The minimum absolute atomic E-state index is 0.189. The molecule has 0 unspecified atom stereocenters. The summed E-state index contributed by atoms with van der Waals surface area (Å²) in [6.07, 6.45) is -8.14. The lowest BCUT2D eigenvalue weighted by Crippen LogP contribution is -2.20. The van der Waals surface area contributed by atoms with Crippen LogP contribution < -0.4 is 5.56 Å². The first-order valence-electron chi connectivity index (χ1n) is 4.49. The van der Waals surface area contributed by atoms with E-state index in [1.54, 1.807) is 0 Å². The fraction of sp³-hybridized carbons (Fsp3) is 0.444. The van der Waals surface area contributed by atoms with Crippen LogP contribution in [-0.4, -0.2) is 11.2 Å². The molecule has 0 fully saturated rings. The van der Waals surface area contributed by atoms with Crippen molar-refractivity contribution in [3.8, 4) is 0 Å². The number of aromatic amines is 1. The maximum Gasteiger partial charge on any atom is 0.421 e. The lowest BCUT2D eigenvalue weighted by atomic mass is 10.3. The van der Waals surface area contributed by atoms with Crippen molar-refractivity contribution in [1.29, 1.82) is 0 Å². The second-order valence-corrected chi connectivity index (χ2v) is 3.94. The van der Waals surface area contributed by atoms with E-state index in [9.17, 15) is 31.1 Å². The molecule has 18 heavy (non-hydrogen) atoms. The molecule has 2 nitrogen and oxygen atoms in total. The van der Waals surface area contributed by atoms with Crippen LogP contribution in [0.1, 0.15) is 18.9 Å². The number of H-pyrrole nitrogens is 1. The maximum atomic E-state index is 12.0. The highest BCUT2D eigenvalue weighted by molar-refractivity contribution is 9.10. The number of halogens is 7. The molecule has 0 bridgehead atoms. The molecule has 1 aromatic heterocycles. The van der Waals surface area contributed by atoms with Crippen LogP contribution in [0, 0.1) is 0 Å². The summed E-state index contributed by atoms with van der Waals surface area (Å²) < 4.78 is 68.5. The average molecular weight is 340 g/mol. The van der Waals surface area contributed by atoms with Gasteiger partial charge in [0.2, 0.25) is 0 Å². The summed E-state index contributed by atoms with van der Waals surface area (Å²) in [4.78, 5) is 12.6. The predicted molar refractivity (Wildman–Crippen MR) is 56.1 cm³/mol. The van der Waals surface area contributed by atoms with E-state index in [2.05, 4.69) is 15.9 Å². The van der Waals surface area contributed by atoms with Gasteiger partial charge in [0, 0.05) is 17.1 Å². The van der Waals surface area contributed by atoms with Gasteiger partial charge in [-0.2, -0.15) is 26.3 Å². The van der Waals surface area contributed by atoms with Crippen molar-refractivity contribution in [2.24, 2.45) is 0 Å². The molecule has 0 aliphatic carbocycles. The van der Waals surface area contributed by atoms with Gasteiger partial charge in [-0.25, -0.2) is 0 Å². The van der Waals surface area contributed by atoms with Crippen LogP contribution in [0.5, 0.6) is 0 Å². The summed E-state index contributed by atoms with van der Waals surface area (Å²) in [6, 6.07) is 0.735. The van der Waals surface area contributed by atoms with Gasteiger partial charge >= 0.3 is 12.4 Å². The van der Waals surface area contributed by atoms with Gasteiger partial charge in [-0.15, -0.1) is 0 Å². The van der Waals surface area contributed by atoms with Crippen molar-refractivity contribution in [1.82, 2.24) is 4.98 Å². The summed E-state index contributed by atoms with van der Waals surface area (Å²) in [5.74, 6) is 0. The second kappa shape index (κ2) is 6.26. The molecule has 0 saturated carbocycles. The van der Waals surface area contributed by atoms with Crippen LogP contribution in [0.4, 0.5) is 26.3 Å². The third-order valence-electron chi connectivity index (χ3n) is 1.57. The number of rotatable bonds is 0. The Morgan fingerprint density at radius 2 is 1.67 bits per heavy atom. The molecule has 0 aromatic carbocycles. The van der Waals surface area contributed by atoms with E-state index in [0.717, 1.165) is 19.2 Å². The standard InChI is InChI=1S/C6H3BrF3NO.C3H5F3/c7-3-1-4(6(8,9)10)5(12)11-2-3;1-2-3(4,5)6/h1-2H,(H,11,12);2H2,1H3. The first kappa shape index (κ1) is 17.0. The number of alkyl halides is 6. The Morgan fingerprint density at radius 3 is 1.94 bits per heavy atom. The van der Waals surface area contributed by atoms with Crippen LogP contribution in [0.15, 0.2) is 21.5 Å². The monoisotopic (exact) mass is 339 g/mol. The van der Waals surface area contributed by atoms with Gasteiger partial charge in [-0.05, 0) is 22.0 Å². The normalized spacial score (nSPS) is 11.8. The maximum absolute atomic E-state index is 12.0. The predicted octanol–water partition coefficient (Wildman–Crippen LogP) is 4.11. The van der Waals surface area contributed by atoms with Crippen molar-refractivity contribution >= 4 is 15.9 Å². The quantitative estimate of drug-likeness (QED) is 0.709. The molecule has 0 amide bonds. The van der Waals surface area contributed by atoms with E-state index < -0.39 is 29.9 Å². The highest BCUT2D eigenvalue weighted by Gasteiger charge is 2.33. The van der Waals surface area contributed by atoms with E-state index in [1.807, 2.05) is 4.98 Å². The lowest BCUT2D eigenvalue weighted by Gasteiger charge is -2.04. The van der Waals surface area contributed by atoms with Gasteiger partial charge in [0.25, 0.3) is 5.56 Å². The molecule has 0 aliphatic rings. The van der Waals surface area contributed by atoms with Gasteiger partial charge < -0.3 is 4.98 Å². The molecule has 1 rings (SSSR count). The molecule has 0 saturated heterocycles. The molecule has 1 aromatic rings. The van der Waals surface area contributed by atoms with Gasteiger partial charge in [-0.1, -0.05) is 6.92 Å². The van der Waals surface area contributed by atoms with Crippen LogP contribution in [0.25, 0.3) is 0 Å². The van der Waals surface area contributed by atoms with Crippen molar-refractivity contribution in [3.63, 3.8) is 0 Å². The smallest absolute Gasteiger partial charge is 0.327 e. The molecule has 0 aliphatic heterocycles. The fourth-order valence-electron chi connectivity index (χ4n) is 0.668. The minimum atomic E-state index is -4.60. The summed E-state index contributed by atoms with van der Waals surface area (Å²) in [5.41, 5.74) is -2.33. The Morgan fingerprint density at radius 1 is 1.22 bits per heavy atom. The Kier molecular flexibility index (Phi) is 5.91. The van der Waals surface area contributed by atoms with Gasteiger partial charge in [-0.3, -0.25) is 4.79 Å². The number of nitrogens with one attached hydrogen (secondary N) is 1. The van der Waals surface area contributed by atoms with Crippen molar-refractivity contribution < 1.29 is 26.3 Å². The highest BCUT2D eigenvalue weighted by atomic mass is 79.9. The molecule has 0 atom stereocenters. The molecule has 9 heteroatoms. The van der Waals surface area contributed by atoms with E-state index >= 15 is 0 Å². The van der Waals surface area contributed by atoms with Crippen LogP contribution >= 0.6 is 15.9 Å². The molecule has 1 N–H and O–H groups in total. The molecular weight excluding hydrogens is 332 g/mol. The van der Waals surface area contributed by atoms with E-state index in [-0.39, 0.29) is 4.47 Å². The molecule has 0 radical (unpaired) electrons. The summed E-state index contributed by atoms with van der Waals surface area (Å²) in [6.45, 7) is 1.08. The van der Waals surface area contributed by atoms with Crippen molar-refractivity contribution in [2.45, 2.75) is 25.7 Å². The first-order chi connectivity index (χ1) is 7.97. The van der Waals surface area contributed by atoms with Crippen LogP contribution in [0.2, 0.25) is 0 Å². The highest BCUT2D eigenvalue weighted by Crippen LogP contribution is 2.27. The number of hydrogen-bond acceptors (Lipinski definition) is 1. The third kappa shape index (κ3) is 6.67. The Balaban J connectivity index is 0.000000411. The third-order valence-corrected chi connectivity index (χ3v) is 2.03. The SMILES string of the molecule is CCC(F)(F)F.O=c1[nH]cc(Br)cc1C(F)(F)F. The zero-order chi connectivity index (χ0) is 14.6. The molecule has 1 heterocycles. The zero-order valence-corrected chi connectivity index (χ0v) is 10.5. The van der Waals surface area contributed by atoms with Gasteiger partial charge in [0.15, 0.2) is 0 Å². The number of aromatic nitrogens is 1. The minimum Gasteiger partial charge on any atom is -0.327 e. The van der Waals surface area contributed by atoms with Gasteiger partial charge in [0.1, 0.15) is 5.56 Å². The number of pyridine rings is 1. The molecule has 0 spiro atoms. The number of hydrogen-bond donors (Lipinski definition) is 1. The van der Waals surface area contributed by atoms with Crippen molar-refractivity contribution in [2.75, 3.05) is 0 Å². The van der Waals surface area contributed by atoms with Crippen LogP contribution in [-0.2, 0) is 6.18 Å². The Hall–Kier alpha value is -0.990. The lowest BCUT2D eigenvalue weighted by molar-refractivity contribution is -0.138. The van der Waals surface area contributed by atoms with Crippen LogP contribution in [0.3, 0.4) is 0 Å². The topological polar surface area (TPSA) is 32.9 Å². The Bertz CT molecular complexity index is 436. The van der Waals surface area contributed by atoms with Gasteiger partial charge in [0.05, 0.1) is 0 Å². The van der Waals surface area contributed by atoms with E-state index in [1.165, 1.54) is 0 Å². The fourth-order valence-corrected chi connectivity index (χ4v) is 1.01. The van der Waals surface area contributed by atoms with E-state index in [4.69, 9.17) is 0 Å².